The molecule has 5 aromatic heterocycles. The van der Waals surface area contributed by atoms with Gasteiger partial charge in [-0.2, -0.15) is 20.4 Å². The summed E-state index contributed by atoms with van der Waals surface area (Å²) in [5, 5.41) is 55.2. The van der Waals surface area contributed by atoms with Gasteiger partial charge < -0.3 is 104 Å². The van der Waals surface area contributed by atoms with Crippen LogP contribution < -0.4 is 85.4 Å². The number of aliphatic carboxylic acids is 2. The number of nitrogen functional groups attached to an aromatic ring is 1. The number of pyridine rings is 1. The highest BCUT2D eigenvalue weighted by atomic mass is 127. The van der Waals surface area contributed by atoms with Crippen LogP contribution in [0.2, 0.25) is 5.15 Å². The van der Waals surface area contributed by atoms with Crippen molar-refractivity contribution in [2.45, 2.75) is 147 Å². The van der Waals surface area contributed by atoms with Crippen molar-refractivity contribution in [3.8, 4) is 18.2 Å². The average molecular weight is 2020 g/mol. The van der Waals surface area contributed by atoms with E-state index in [1.807, 2.05) is 264 Å². The monoisotopic (exact) mass is 2020 g/mol. The fourth-order valence-electron chi connectivity index (χ4n) is 17.5. The van der Waals surface area contributed by atoms with Crippen LogP contribution in [0.5, 0.6) is 0 Å². The van der Waals surface area contributed by atoms with Crippen LogP contribution in [-0.4, -0.2) is 119 Å². The van der Waals surface area contributed by atoms with Crippen molar-refractivity contribution in [1.82, 2.24) is 23.6 Å². The van der Waals surface area contributed by atoms with Crippen LogP contribution in [0, 0.1) is 40.9 Å². The summed E-state index contributed by atoms with van der Waals surface area (Å²) in [5.74, 6) is -1.22. The molecule has 19 rings (SSSR count). The first-order chi connectivity index (χ1) is 65.7. The number of anilines is 9. The molecule has 5 amide bonds. The zero-order chi connectivity index (χ0) is 97.1. The van der Waals surface area contributed by atoms with Crippen LogP contribution in [0.25, 0.3) is 0 Å². The highest BCUT2D eigenvalue weighted by molar-refractivity contribution is 6.40. The molecule has 0 aliphatic carbocycles. The number of hydrogen-bond acceptors (Lipinski definition) is 16. The number of nitrogens with one attached hydrogen (secondary N) is 3. The molecule has 0 saturated carbocycles. The molecule has 3 saturated heterocycles. The number of carboxylic acid groups (broad SMARTS) is 2. The summed E-state index contributed by atoms with van der Waals surface area (Å²) in [4.78, 5) is 97.0. The Kier molecular flexibility index (Phi) is 38.0. The summed E-state index contributed by atoms with van der Waals surface area (Å²) in [6, 6.07) is 71.2. The molecule has 0 radical (unpaired) electrons. The van der Waals surface area contributed by atoms with Gasteiger partial charge in [0.25, 0.3) is 5.15 Å². The van der Waals surface area contributed by atoms with Crippen molar-refractivity contribution in [2.75, 3.05) is 70.7 Å². The van der Waals surface area contributed by atoms with Gasteiger partial charge in [-0.25, -0.2) is 4.79 Å². The smallest absolute Gasteiger partial charge is 0.326 e. The average Bonchev–Trinajstić information content (AvgIpc) is 1.62. The number of halogens is 4. The molecular weight excluding hydrogens is 1900 g/mol. The maximum atomic E-state index is 13.5. The number of carbonyl (C=O) groups is 7. The molecule has 28 nitrogen and oxygen atoms in total. The second-order valence-corrected chi connectivity index (χ2v) is 35.2. The standard InChI is InChI=1S/C27H31N5O2.C27H27N5O2.C16H15N3O2.C11H14N2O.C9H12N2O2.C8H7N.C6H7ClN.CH2Cl2.HI/c2*1-30-14-12-20-18-32(23-6-4-5-19(15-23)17-28)25(16-24(20)30)27(34)29-21-8-10-22(11-9-21)31-13-3-2-7-26(31)33;1-18-6-5-12-10-19(15(16(20)21)8-14(12)18)13-4-2-3-11(7-13)9-17;12-9-4-6-10(7-5-9)13-8-2-1-3-11(13)14;1-11-3-2-6-5-10-7(9(12)13)4-8(6)11;1-7-3-2-4-8(5-7)6-9;1-8-5-3-2-4-6(8)7;2-1-3;/h4-6,8-12,14-15,25H,2-3,7,13,16-18,28H2,1H3,(H,29,34);4-6,8-12,14-15,25H,2-3,7,13,16,18H2,1H3,(H,29,34);2-7,15H,8,10H2,1H3,(H,20,21);4-7H,1-3,8,12H2;2-3,7,10H,4-5H2,1H3,(H,12,13);2-5H,1H3;2-5H,1H3;1H2;1H/q;;;;;;+1;;/p-1. The zero-order valence-corrected chi connectivity index (χ0v) is 82.1. The quantitative estimate of drug-likeness (QED) is 0.0185. The number of rotatable bonds is 13. The number of nitrogens with two attached hydrogens (primary N) is 2. The Balaban J connectivity index is 0.000000161. The van der Waals surface area contributed by atoms with Gasteiger partial charge in [0, 0.05) is 236 Å². The van der Waals surface area contributed by atoms with E-state index < -0.39 is 30.1 Å². The number of carbonyl (C=O) groups excluding carboxylic acids is 5. The molecule has 3 fully saturated rings. The minimum atomic E-state index is -0.843. The lowest BCUT2D eigenvalue weighted by Crippen LogP contribution is -3.00. The third kappa shape index (κ3) is 27.6. The number of fused-ring (bicyclic) bond motifs is 4. The SMILES string of the molecule is C[n+]1ccccc1Cl.Cc1cccc(C#N)c1.ClCCl.Cn1ccc2c1CC(C(=O)Nc1ccc(N3CCCCC3=O)cc1)N(c1cccc(C#N)c1)C2.Cn1ccc2c1CC(C(=O)Nc1ccc(N3CCCCC3=O)cc1)N(c1cccc(CN)c1)C2.Cn1ccc2c1CC(C(=O)O)N(c1cccc(C#N)c1)C2.Cn1ccc2c1CC(C(=O)O)NC2.Nc1ccc(N2CCCCC2=O)cc1.[I-]. The van der Waals surface area contributed by atoms with E-state index in [1.54, 1.807) is 30.3 Å². The van der Waals surface area contributed by atoms with Crippen molar-refractivity contribution in [2.24, 2.45) is 41.0 Å². The summed E-state index contributed by atoms with van der Waals surface area (Å²) in [6.07, 6.45) is 20.0. The van der Waals surface area contributed by atoms with Crippen LogP contribution in [0.1, 0.15) is 131 Å². The van der Waals surface area contributed by atoms with Crippen LogP contribution in [-0.2, 0) is 127 Å². The van der Waals surface area contributed by atoms with E-state index >= 15 is 0 Å². The van der Waals surface area contributed by atoms with Crippen LogP contribution in [0.3, 0.4) is 0 Å². The van der Waals surface area contributed by atoms with E-state index in [4.69, 9.17) is 61.9 Å². The van der Waals surface area contributed by atoms with Crippen molar-refractivity contribution in [3.05, 3.63) is 321 Å². The predicted octanol–water partition coefficient (Wildman–Crippen LogP) is 12.8. The van der Waals surface area contributed by atoms with E-state index in [-0.39, 0.29) is 64.9 Å². The van der Waals surface area contributed by atoms with Gasteiger partial charge in [-0.05, 0) is 254 Å². The summed E-state index contributed by atoms with van der Waals surface area (Å²) in [7, 11) is 9.81. The molecule has 4 atom stereocenters. The van der Waals surface area contributed by atoms with Gasteiger partial charge in [0.15, 0.2) is 6.20 Å². The molecule has 32 heteroatoms. The van der Waals surface area contributed by atoms with Gasteiger partial charge >= 0.3 is 11.9 Å². The Hall–Kier alpha value is -13.7. The molecule has 7 aliphatic rings. The largest absolute Gasteiger partial charge is 1.00 e. The number of nitrogens with zero attached hydrogens (tertiary/aromatic N) is 14. The summed E-state index contributed by atoms with van der Waals surface area (Å²) >= 11 is 15.2. The van der Waals surface area contributed by atoms with E-state index in [2.05, 4.69) is 77.5 Å². The van der Waals surface area contributed by atoms with E-state index in [9.17, 15) is 43.9 Å². The minimum absolute atomic E-state index is 0. The first-order valence-corrected chi connectivity index (χ1v) is 46.7. The number of amides is 5. The zero-order valence-electron chi connectivity index (χ0n) is 77.6. The second kappa shape index (κ2) is 50.2. The van der Waals surface area contributed by atoms with Gasteiger partial charge in [-0.3, -0.25) is 34.1 Å². The third-order valence-electron chi connectivity index (χ3n) is 24.9. The van der Waals surface area contributed by atoms with Crippen LogP contribution >= 0.6 is 34.8 Å². The topological polar surface area (TPSA) is 362 Å². The first kappa shape index (κ1) is 104. The molecule has 7 aromatic carbocycles. The van der Waals surface area contributed by atoms with Crippen molar-refractivity contribution >= 4 is 127 Å². The molecule has 12 heterocycles. The fraction of sp³-hybridized carbons (Fsp3) is 0.305. The normalized spacial score (nSPS) is 16.5. The highest BCUT2D eigenvalue weighted by Gasteiger charge is 2.38. The maximum absolute atomic E-state index is 13.5. The van der Waals surface area contributed by atoms with Gasteiger partial charge in [0.2, 0.25) is 29.5 Å². The number of nitriles is 3. The van der Waals surface area contributed by atoms with Gasteiger partial charge in [0.1, 0.15) is 31.2 Å². The molecule has 9 N–H and O–H groups in total. The number of benzene rings is 7. The molecule has 0 spiro atoms. The molecule has 137 heavy (non-hydrogen) atoms. The lowest BCUT2D eigenvalue weighted by Gasteiger charge is -2.37. The Labute approximate surface area is 831 Å². The number of aryl methyl sites for hydroxylation is 6. The Morgan fingerprint density at radius 2 is 0.832 bits per heavy atom. The summed E-state index contributed by atoms with van der Waals surface area (Å²) in [5.41, 5.74) is 32.3. The minimum Gasteiger partial charge on any atom is -1.00 e. The second-order valence-electron chi connectivity index (χ2n) is 34.0. The molecule has 712 valence electrons. The molecule has 0 bridgehead atoms. The van der Waals surface area contributed by atoms with Gasteiger partial charge in [0.05, 0.1) is 40.2 Å². The van der Waals surface area contributed by atoms with E-state index in [1.165, 1.54) is 22.4 Å². The molecular formula is C105H115Cl3IN19O9. The van der Waals surface area contributed by atoms with Crippen LogP contribution in [0.4, 0.5) is 51.2 Å². The summed E-state index contributed by atoms with van der Waals surface area (Å²) < 4.78 is 10.00. The van der Waals surface area contributed by atoms with Crippen molar-refractivity contribution in [1.29, 1.82) is 15.8 Å². The number of carboxylic acids is 2. The molecule has 7 aliphatic heterocycles. The first-order valence-electron chi connectivity index (χ1n) is 45.2. The Bertz CT molecular complexity index is 6300. The number of alkyl halides is 2. The van der Waals surface area contributed by atoms with Crippen molar-refractivity contribution < 1.29 is 72.3 Å². The fourth-order valence-corrected chi connectivity index (χ4v) is 17.6. The summed E-state index contributed by atoms with van der Waals surface area (Å²) in [6.45, 7) is 7.22. The lowest BCUT2D eigenvalue weighted by atomic mass is 9.98. The lowest BCUT2D eigenvalue weighted by molar-refractivity contribution is -0.669. The highest BCUT2D eigenvalue weighted by Crippen LogP contribution is 2.36. The van der Waals surface area contributed by atoms with Gasteiger partial charge in [-0.15, -0.1) is 23.2 Å². The Morgan fingerprint density at radius 3 is 1.20 bits per heavy atom. The van der Waals surface area contributed by atoms with E-state index in [0.29, 0.717) is 94.5 Å². The van der Waals surface area contributed by atoms with E-state index in [0.717, 1.165) is 148 Å². The number of piperidine rings is 3. The molecule has 12 aromatic rings. The number of hydrogen-bond donors (Lipinski definition) is 7. The number of aromatic nitrogens is 5. The molecule has 4 unspecified atom stereocenters. The maximum Gasteiger partial charge on any atom is 0.326 e. The predicted molar refractivity (Wildman–Crippen MR) is 534 cm³/mol. The third-order valence-corrected chi connectivity index (χ3v) is 25.3. The van der Waals surface area contributed by atoms with Crippen LogP contribution in [0.15, 0.2) is 243 Å². The van der Waals surface area contributed by atoms with Crippen molar-refractivity contribution in [3.63, 3.8) is 0 Å². The van der Waals surface area contributed by atoms with Gasteiger partial charge in [-0.1, -0.05) is 36.4 Å². The Morgan fingerprint density at radius 1 is 0.460 bits per heavy atom.